The molecule has 4 rings (SSSR count). The third-order valence-electron chi connectivity index (χ3n) is 3.78. The van der Waals surface area contributed by atoms with E-state index >= 15 is 0 Å². The van der Waals surface area contributed by atoms with Crippen LogP contribution in [0.15, 0.2) is 59.9 Å². The Morgan fingerprint density at radius 2 is 2.04 bits per heavy atom. The summed E-state index contributed by atoms with van der Waals surface area (Å²) in [6, 6.07) is 11.3. The first-order chi connectivity index (χ1) is 11.2. The Hall–Kier alpha value is -3.28. The van der Waals surface area contributed by atoms with Crippen LogP contribution in [0.1, 0.15) is 0 Å². The molecule has 0 unspecified atom stereocenters. The van der Waals surface area contributed by atoms with Gasteiger partial charge in [-0.3, -0.25) is 14.9 Å². The lowest BCUT2D eigenvalue weighted by Gasteiger charge is -2.05. The van der Waals surface area contributed by atoms with E-state index in [4.69, 9.17) is 0 Å². The van der Waals surface area contributed by atoms with Crippen molar-refractivity contribution in [1.82, 2.24) is 24.7 Å². The Morgan fingerprint density at radius 1 is 1.13 bits per heavy atom. The molecule has 1 aromatic carbocycles. The van der Waals surface area contributed by atoms with Gasteiger partial charge in [-0.1, -0.05) is 12.1 Å². The van der Waals surface area contributed by atoms with Gasteiger partial charge in [0.2, 0.25) is 0 Å². The van der Waals surface area contributed by atoms with Crippen molar-refractivity contribution >= 4 is 10.9 Å². The second-order valence-electron chi connectivity index (χ2n) is 5.26. The van der Waals surface area contributed by atoms with Crippen LogP contribution in [0.4, 0.5) is 0 Å². The maximum absolute atomic E-state index is 12.3. The number of H-pyrrole nitrogens is 1. The van der Waals surface area contributed by atoms with E-state index in [0.29, 0.717) is 10.9 Å². The van der Waals surface area contributed by atoms with Gasteiger partial charge in [-0.25, -0.2) is 4.98 Å². The van der Waals surface area contributed by atoms with Crippen molar-refractivity contribution in [3.63, 3.8) is 0 Å². The van der Waals surface area contributed by atoms with Crippen molar-refractivity contribution in [3.8, 4) is 22.5 Å². The summed E-state index contributed by atoms with van der Waals surface area (Å²) < 4.78 is 1.47. The van der Waals surface area contributed by atoms with E-state index in [1.54, 1.807) is 13.2 Å². The molecule has 0 radical (unpaired) electrons. The van der Waals surface area contributed by atoms with Crippen LogP contribution in [0, 0.1) is 0 Å². The normalized spacial score (nSPS) is 11.0. The quantitative estimate of drug-likeness (QED) is 0.617. The van der Waals surface area contributed by atoms with Crippen LogP contribution in [-0.4, -0.2) is 24.7 Å². The average molecular weight is 303 g/mol. The van der Waals surface area contributed by atoms with Gasteiger partial charge in [0, 0.05) is 25.0 Å². The lowest BCUT2D eigenvalue weighted by molar-refractivity contribution is 0.843. The molecule has 0 saturated heterocycles. The van der Waals surface area contributed by atoms with E-state index < -0.39 is 0 Å². The van der Waals surface area contributed by atoms with Gasteiger partial charge in [0.1, 0.15) is 5.69 Å². The summed E-state index contributed by atoms with van der Waals surface area (Å²) in [6.45, 7) is 0. The van der Waals surface area contributed by atoms with Crippen LogP contribution in [0.5, 0.6) is 0 Å². The second-order valence-corrected chi connectivity index (χ2v) is 5.26. The smallest absolute Gasteiger partial charge is 0.260 e. The fourth-order valence-corrected chi connectivity index (χ4v) is 2.59. The van der Waals surface area contributed by atoms with Crippen LogP contribution in [0.2, 0.25) is 0 Å². The van der Waals surface area contributed by atoms with E-state index in [1.807, 2.05) is 42.6 Å². The van der Waals surface area contributed by atoms with Gasteiger partial charge >= 0.3 is 0 Å². The summed E-state index contributed by atoms with van der Waals surface area (Å²) in [5.74, 6) is 0. The molecule has 1 N–H and O–H groups in total. The molecule has 6 nitrogen and oxygen atoms in total. The Balaban J connectivity index is 1.93. The van der Waals surface area contributed by atoms with Gasteiger partial charge in [0.15, 0.2) is 0 Å². The third-order valence-corrected chi connectivity index (χ3v) is 3.78. The molecule has 0 aliphatic carbocycles. The van der Waals surface area contributed by atoms with E-state index in [0.717, 1.165) is 22.5 Å². The highest BCUT2D eigenvalue weighted by Crippen LogP contribution is 2.29. The zero-order chi connectivity index (χ0) is 15.8. The van der Waals surface area contributed by atoms with Gasteiger partial charge in [0.25, 0.3) is 5.56 Å². The van der Waals surface area contributed by atoms with Crippen LogP contribution >= 0.6 is 0 Å². The van der Waals surface area contributed by atoms with E-state index in [-0.39, 0.29) is 5.56 Å². The topological polar surface area (TPSA) is 76.5 Å². The van der Waals surface area contributed by atoms with E-state index in [2.05, 4.69) is 20.2 Å². The minimum atomic E-state index is -0.0697. The van der Waals surface area contributed by atoms with Crippen LogP contribution in [-0.2, 0) is 7.05 Å². The predicted molar refractivity (Wildman–Crippen MR) is 87.8 cm³/mol. The number of fused-ring (bicyclic) bond motifs is 1. The first kappa shape index (κ1) is 13.4. The van der Waals surface area contributed by atoms with Gasteiger partial charge in [-0.2, -0.15) is 5.10 Å². The first-order valence-electron chi connectivity index (χ1n) is 7.15. The monoisotopic (exact) mass is 303 g/mol. The summed E-state index contributed by atoms with van der Waals surface area (Å²) in [5, 5.41) is 7.76. The Kier molecular flexibility index (Phi) is 3.01. The number of hydrogen-bond donors (Lipinski definition) is 1. The van der Waals surface area contributed by atoms with Gasteiger partial charge in [-0.05, 0) is 29.8 Å². The number of aromatic nitrogens is 5. The van der Waals surface area contributed by atoms with Crippen molar-refractivity contribution in [2.24, 2.45) is 7.05 Å². The minimum absolute atomic E-state index is 0.0697. The molecule has 0 spiro atoms. The number of aryl methyl sites for hydroxylation is 1. The number of nitrogens with zero attached hydrogens (tertiary/aromatic N) is 4. The maximum atomic E-state index is 12.3. The van der Waals surface area contributed by atoms with Crippen molar-refractivity contribution in [2.45, 2.75) is 0 Å². The van der Waals surface area contributed by atoms with Gasteiger partial charge in [0.05, 0.1) is 22.9 Å². The zero-order valence-corrected chi connectivity index (χ0v) is 12.4. The number of pyridine rings is 1. The highest BCUT2D eigenvalue weighted by Gasteiger charge is 2.13. The van der Waals surface area contributed by atoms with Gasteiger partial charge in [-0.15, -0.1) is 0 Å². The molecule has 112 valence electrons. The molecule has 0 saturated carbocycles. The summed E-state index contributed by atoms with van der Waals surface area (Å²) in [7, 11) is 1.69. The van der Waals surface area contributed by atoms with Crippen LogP contribution < -0.4 is 5.56 Å². The molecular weight excluding hydrogens is 290 g/mol. The average Bonchev–Trinajstić information content (AvgIpc) is 3.08. The molecule has 23 heavy (non-hydrogen) atoms. The molecule has 0 atom stereocenters. The molecule has 0 bridgehead atoms. The van der Waals surface area contributed by atoms with Crippen molar-refractivity contribution < 1.29 is 0 Å². The number of nitrogens with one attached hydrogen (secondary N) is 1. The molecular formula is C17H13N5O. The zero-order valence-electron chi connectivity index (χ0n) is 12.4. The molecule has 0 aliphatic rings. The van der Waals surface area contributed by atoms with Crippen LogP contribution in [0.3, 0.4) is 0 Å². The third kappa shape index (κ3) is 2.20. The number of benzene rings is 1. The lowest BCUT2D eigenvalue weighted by Crippen LogP contribution is -2.16. The molecule has 0 amide bonds. The van der Waals surface area contributed by atoms with E-state index in [9.17, 15) is 4.79 Å². The molecule has 3 aromatic heterocycles. The standard InChI is InChI=1S/C17H13N5O/c1-22-10-19-14-6-5-11(8-12(14)17(22)23)13-9-20-21-16(13)15-4-2-3-7-18-15/h2-10H,1H3,(H,20,21). The Morgan fingerprint density at radius 3 is 2.87 bits per heavy atom. The Labute approximate surface area is 131 Å². The Bertz CT molecular complexity index is 1050. The van der Waals surface area contributed by atoms with Crippen molar-refractivity contribution in [2.75, 3.05) is 0 Å². The maximum Gasteiger partial charge on any atom is 0.260 e. The lowest BCUT2D eigenvalue weighted by atomic mass is 10.0. The summed E-state index contributed by atoms with van der Waals surface area (Å²) in [4.78, 5) is 20.9. The number of hydrogen-bond acceptors (Lipinski definition) is 4. The molecule has 3 heterocycles. The molecule has 6 heteroatoms. The molecule has 4 aromatic rings. The van der Waals surface area contributed by atoms with Crippen molar-refractivity contribution in [3.05, 3.63) is 65.5 Å². The van der Waals surface area contributed by atoms with Gasteiger partial charge < -0.3 is 4.57 Å². The SMILES string of the molecule is Cn1cnc2ccc(-c3c[nH]nc3-c3ccccn3)cc2c1=O. The molecule has 0 fully saturated rings. The highest BCUT2D eigenvalue weighted by molar-refractivity contribution is 5.87. The van der Waals surface area contributed by atoms with E-state index in [1.165, 1.54) is 10.9 Å². The molecule has 0 aliphatic heterocycles. The fourth-order valence-electron chi connectivity index (χ4n) is 2.59. The van der Waals surface area contributed by atoms with Crippen LogP contribution in [0.25, 0.3) is 33.4 Å². The number of aromatic amines is 1. The summed E-state index contributed by atoms with van der Waals surface area (Å²) in [5.41, 5.74) is 3.95. The largest absolute Gasteiger partial charge is 0.302 e. The van der Waals surface area contributed by atoms with Crippen molar-refractivity contribution in [1.29, 1.82) is 0 Å². The fraction of sp³-hybridized carbons (Fsp3) is 0.0588. The minimum Gasteiger partial charge on any atom is -0.302 e. The predicted octanol–water partition coefficient (Wildman–Crippen LogP) is 2.39. The second kappa shape index (κ2) is 5.17. The first-order valence-corrected chi connectivity index (χ1v) is 7.15. The summed E-state index contributed by atoms with van der Waals surface area (Å²) >= 11 is 0. The summed E-state index contributed by atoms with van der Waals surface area (Å²) in [6.07, 6.45) is 5.07. The number of rotatable bonds is 2. The highest BCUT2D eigenvalue weighted by atomic mass is 16.1.